The predicted octanol–water partition coefficient (Wildman–Crippen LogP) is 1.32. The molecule has 0 aromatic carbocycles. The van der Waals surface area contributed by atoms with Gasteiger partial charge in [0.2, 0.25) is 10.0 Å². The maximum Gasteiger partial charge on any atom is 0.244 e. The molecule has 1 heterocycles. The minimum atomic E-state index is -3.59. The van der Waals surface area contributed by atoms with Crippen LogP contribution in [0.15, 0.2) is 23.4 Å². The number of sulfonamides is 1. The second-order valence-corrected chi connectivity index (χ2v) is 7.67. The summed E-state index contributed by atoms with van der Waals surface area (Å²) in [5.74, 6) is 5.34. The van der Waals surface area contributed by atoms with Gasteiger partial charge in [-0.15, -0.1) is 0 Å². The number of hydrogen-bond acceptors (Lipinski definition) is 6. The van der Waals surface area contributed by atoms with Gasteiger partial charge in [0.1, 0.15) is 4.90 Å². The van der Waals surface area contributed by atoms with Crippen molar-refractivity contribution in [2.75, 3.05) is 11.7 Å². The van der Waals surface area contributed by atoms with Crippen molar-refractivity contribution < 1.29 is 8.42 Å². The van der Waals surface area contributed by atoms with E-state index in [1.54, 1.807) is 6.07 Å². The van der Waals surface area contributed by atoms with Gasteiger partial charge in [0.05, 0.1) is 5.69 Å². The van der Waals surface area contributed by atoms with Crippen LogP contribution in [0.2, 0.25) is 0 Å². The Morgan fingerprint density at radius 2 is 2.05 bits per heavy atom. The number of nitrogen functional groups attached to an aromatic ring is 1. The summed E-state index contributed by atoms with van der Waals surface area (Å²) in [4.78, 5) is 3.95. The van der Waals surface area contributed by atoms with Gasteiger partial charge in [-0.05, 0) is 38.0 Å². The molecule has 1 aliphatic rings. The van der Waals surface area contributed by atoms with Gasteiger partial charge in [0.15, 0.2) is 0 Å². The third-order valence-corrected chi connectivity index (χ3v) is 6.24. The molecule has 1 aromatic rings. The van der Waals surface area contributed by atoms with Gasteiger partial charge in [-0.3, -0.25) is 10.8 Å². The molecule has 0 amide bonds. The minimum Gasteiger partial charge on any atom is -0.323 e. The van der Waals surface area contributed by atoms with Gasteiger partial charge in [0, 0.05) is 23.7 Å². The molecule has 0 bridgehead atoms. The van der Waals surface area contributed by atoms with Crippen molar-refractivity contribution in [3.63, 3.8) is 0 Å². The Morgan fingerprint density at radius 3 is 2.65 bits per heavy atom. The van der Waals surface area contributed by atoms with Gasteiger partial charge in [-0.25, -0.2) is 13.1 Å². The molecule has 0 radical (unpaired) electrons. The quantitative estimate of drug-likeness (QED) is 0.560. The molecule has 1 saturated carbocycles. The average Bonchev–Trinajstić information content (AvgIpc) is 2.47. The van der Waals surface area contributed by atoms with Crippen LogP contribution in [-0.2, 0) is 10.0 Å². The van der Waals surface area contributed by atoms with E-state index in [1.807, 2.05) is 11.8 Å². The highest BCUT2D eigenvalue weighted by atomic mass is 32.2. The molecule has 0 atom stereocenters. The number of hydrogen-bond donors (Lipinski definition) is 3. The largest absolute Gasteiger partial charge is 0.323 e. The van der Waals surface area contributed by atoms with Crippen molar-refractivity contribution >= 4 is 27.5 Å². The zero-order chi connectivity index (χ0) is 14.6. The summed E-state index contributed by atoms with van der Waals surface area (Å²) in [6, 6.07) is 1.54. The topological polar surface area (TPSA) is 97.1 Å². The summed E-state index contributed by atoms with van der Waals surface area (Å²) in [6.45, 7) is 0. The molecule has 1 aliphatic carbocycles. The molecule has 6 nitrogen and oxygen atoms in total. The Balaban J connectivity index is 2.08. The Hall–Kier alpha value is -0.830. The normalized spacial score (nSPS) is 23.5. The molecule has 0 aliphatic heterocycles. The fourth-order valence-corrected chi connectivity index (χ4v) is 4.57. The minimum absolute atomic E-state index is 0.00534. The van der Waals surface area contributed by atoms with E-state index in [0.29, 0.717) is 10.9 Å². The highest BCUT2D eigenvalue weighted by Crippen LogP contribution is 2.28. The van der Waals surface area contributed by atoms with E-state index in [0.717, 1.165) is 25.7 Å². The van der Waals surface area contributed by atoms with E-state index in [2.05, 4.69) is 21.4 Å². The van der Waals surface area contributed by atoms with Gasteiger partial charge >= 0.3 is 0 Å². The van der Waals surface area contributed by atoms with Gasteiger partial charge < -0.3 is 5.43 Å². The first-order valence-corrected chi connectivity index (χ1v) is 9.29. The maximum atomic E-state index is 12.4. The number of hydrazine groups is 1. The Bertz CT molecular complexity index is 542. The first-order chi connectivity index (χ1) is 9.56. The molecular weight excluding hydrogens is 296 g/mol. The second kappa shape index (κ2) is 6.75. The van der Waals surface area contributed by atoms with Crippen molar-refractivity contribution in [2.45, 2.75) is 41.9 Å². The third-order valence-electron chi connectivity index (χ3n) is 3.56. The number of pyridine rings is 1. The Kier molecular flexibility index (Phi) is 5.25. The standard InChI is InChI=1S/C12H20N4O2S2/c1-19-10-4-2-9(3-5-10)16-20(17,18)12-8-14-7-6-11(12)15-13/h6-10,16H,2-5,13H2,1H3,(H,14,15). The molecule has 0 saturated heterocycles. The predicted molar refractivity (Wildman–Crippen MR) is 81.9 cm³/mol. The van der Waals surface area contributed by atoms with E-state index in [4.69, 9.17) is 5.84 Å². The highest BCUT2D eigenvalue weighted by Gasteiger charge is 2.26. The Labute approximate surface area is 123 Å². The van der Waals surface area contributed by atoms with Gasteiger partial charge in [0.25, 0.3) is 0 Å². The number of rotatable bonds is 5. The summed E-state index contributed by atoms with van der Waals surface area (Å²) in [6.07, 6.45) is 8.74. The van der Waals surface area contributed by atoms with Crippen LogP contribution in [0, 0.1) is 0 Å². The van der Waals surface area contributed by atoms with E-state index in [-0.39, 0.29) is 10.9 Å². The number of nitrogens with two attached hydrogens (primary N) is 1. The van der Waals surface area contributed by atoms with Crippen LogP contribution in [0.4, 0.5) is 5.69 Å². The lowest BCUT2D eigenvalue weighted by molar-refractivity contribution is 0.420. The van der Waals surface area contributed by atoms with Crippen LogP contribution < -0.4 is 16.0 Å². The van der Waals surface area contributed by atoms with Crippen molar-refractivity contribution in [1.29, 1.82) is 0 Å². The Morgan fingerprint density at radius 1 is 1.35 bits per heavy atom. The van der Waals surface area contributed by atoms with Crippen molar-refractivity contribution in [3.8, 4) is 0 Å². The van der Waals surface area contributed by atoms with E-state index >= 15 is 0 Å². The van der Waals surface area contributed by atoms with Crippen molar-refractivity contribution in [1.82, 2.24) is 9.71 Å². The van der Waals surface area contributed by atoms with Crippen LogP contribution in [0.25, 0.3) is 0 Å². The maximum absolute atomic E-state index is 12.4. The summed E-state index contributed by atoms with van der Waals surface area (Å²) in [5.41, 5.74) is 2.74. The molecule has 8 heteroatoms. The SMILES string of the molecule is CSC1CCC(NS(=O)(=O)c2cnccc2NN)CC1. The summed E-state index contributed by atoms with van der Waals surface area (Å²) >= 11 is 1.85. The molecule has 20 heavy (non-hydrogen) atoms. The number of aromatic nitrogens is 1. The lowest BCUT2D eigenvalue weighted by atomic mass is 9.96. The zero-order valence-corrected chi connectivity index (χ0v) is 13.0. The smallest absolute Gasteiger partial charge is 0.244 e. The molecule has 4 N–H and O–H groups in total. The molecule has 2 rings (SSSR count). The van der Waals surface area contributed by atoms with E-state index in [9.17, 15) is 8.42 Å². The molecule has 112 valence electrons. The van der Waals surface area contributed by atoms with E-state index in [1.165, 1.54) is 12.4 Å². The number of anilines is 1. The van der Waals surface area contributed by atoms with Gasteiger partial charge in [-0.2, -0.15) is 11.8 Å². The lowest BCUT2D eigenvalue weighted by Crippen LogP contribution is -2.38. The summed E-state index contributed by atoms with van der Waals surface area (Å²) in [5, 5.41) is 0.649. The molecule has 1 aromatic heterocycles. The average molecular weight is 316 g/mol. The number of nitrogens with zero attached hydrogens (tertiary/aromatic N) is 1. The molecule has 0 spiro atoms. The fourth-order valence-electron chi connectivity index (χ4n) is 2.41. The summed E-state index contributed by atoms with van der Waals surface area (Å²) < 4.78 is 27.5. The van der Waals surface area contributed by atoms with Crippen LogP contribution in [-0.4, -0.2) is 30.9 Å². The first kappa shape index (κ1) is 15.6. The molecular formula is C12H20N4O2S2. The third kappa shape index (κ3) is 3.63. The van der Waals surface area contributed by atoms with Crippen LogP contribution >= 0.6 is 11.8 Å². The van der Waals surface area contributed by atoms with Crippen LogP contribution in [0.1, 0.15) is 25.7 Å². The molecule has 0 unspecified atom stereocenters. The number of thioether (sulfide) groups is 1. The van der Waals surface area contributed by atoms with Crippen LogP contribution in [0.5, 0.6) is 0 Å². The first-order valence-electron chi connectivity index (χ1n) is 6.52. The van der Waals surface area contributed by atoms with Crippen molar-refractivity contribution in [3.05, 3.63) is 18.5 Å². The highest BCUT2D eigenvalue weighted by molar-refractivity contribution is 7.99. The monoisotopic (exact) mass is 316 g/mol. The van der Waals surface area contributed by atoms with E-state index < -0.39 is 10.0 Å². The molecule has 1 fully saturated rings. The zero-order valence-electron chi connectivity index (χ0n) is 11.4. The second-order valence-electron chi connectivity index (χ2n) is 4.85. The van der Waals surface area contributed by atoms with Crippen molar-refractivity contribution in [2.24, 2.45) is 5.84 Å². The summed E-state index contributed by atoms with van der Waals surface area (Å²) in [7, 11) is -3.59. The number of nitrogens with one attached hydrogen (secondary N) is 2. The lowest BCUT2D eigenvalue weighted by Gasteiger charge is -2.28. The van der Waals surface area contributed by atoms with Crippen LogP contribution in [0.3, 0.4) is 0 Å². The van der Waals surface area contributed by atoms with Gasteiger partial charge in [-0.1, -0.05) is 0 Å². The fraction of sp³-hybridized carbons (Fsp3) is 0.583.